The minimum Gasteiger partial charge on any atom is -0.340 e. The molecule has 1 N–H and O–H groups in total. The first-order chi connectivity index (χ1) is 5.68. The van der Waals surface area contributed by atoms with Gasteiger partial charge in [-0.25, -0.2) is 0 Å². The lowest BCUT2D eigenvalue weighted by molar-refractivity contribution is 0.386. The number of rotatable bonds is 4. The van der Waals surface area contributed by atoms with E-state index in [2.05, 4.69) is 38.0 Å². The van der Waals surface area contributed by atoms with Gasteiger partial charge < -0.3 is 9.84 Å². The van der Waals surface area contributed by atoms with Gasteiger partial charge in [-0.1, -0.05) is 27.7 Å². The van der Waals surface area contributed by atoms with Crippen molar-refractivity contribution in [2.75, 3.05) is 6.54 Å². The number of halogens is 1. The van der Waals surface area contributed by atoms with E-state index >= 15 is 0 Å². The van der Waals surface area contributed by atoms with Gasteiger partial charge in [0, 0.05) is 18.0 Å². The van der Waals surface area contributed by atoms with Crippen LogP contribution in [0.25, 0.3) is 0 Å². The first-order valence-corrected chi connectivity index (χ1v) is 4.31. The van der Waals surface area contributed by atoms with Crippen LogP contribution in [-0.4, -0.2) is 16.7 Å². The van der Waals surface area contributed by atoms with Crippen LogP contribution in [-0.2, 0) is 6.54 Å². The van der Waals surface area contributed by atoms with Crippen LogP contribution in [0, 0.1) is 6.92 Å². The molecule has 0 aliphatic carbocycles. The molecule has 1 rings (SSSR count). The van der Waals surface area contributed by atoms with Crippen LogP contribution >= 0.6 is 15.9 Å². The highest BCUT2D eigenvalue weighted by Gasteiger charge is 2.00. The van der Waals surface area contributed by atoms with Gasteiger partial charge in [0.2, 0.25) is 5.89 Å². The molecule has 66 valence electrons. The van der Waals surface area contributed by atoms with E-state index in [0.29, 0.717) is 24.8 Å². The standard InChI is InChI=1S/C7H10BrN3O/c1-5(8)3-9-4-7-10-6(2)12-11-7/h9H,1,3-4H2,2H3. The highest BCUT2D eigenvalue weighted by atomic mass is 79.9. The molecule has 0 radical (unpaired) electrons. The van der Waals surface area contributed by atoms with Crippen LogP contribution in [0.15, 0.2) is 15.6 Å². The zero-order valence-electron chi connectivity index (χ0n) is 6.80. The molecule has 0 aromatic carbocycles. The average molecular weight is 232 g/mol. The molecule has 12 heavy (non-hydrogen) atoms. The molecule has 0 spiro atoms. The first-order valence-electron chi connectivity index (χ1n) is 3.51. The van der Waals surface area contributed by atoms with E-state index in [-0.39, 0.29) is 0 Å². The third-order valence-electron chi connectivity index (χ3n) is 1.17. The van der Waals surface area contributed by atoms with Gasteiger partial charge in [0.1, 0.15) is 0 Å². The maximum atomic E-state index is 4.79. The van der Waals surface area contributed by atoms with Gasteiger partial charge in [-0.15, -0.1) is 0 Å². The van der Waals surface area contributed by atoms with Crippen molar-refractivity contribution in [1.82, 2.24) is 15.5 Å². The summed E-state index contributed by atoms with van der Waals surface area (Å²) in [7, 11) is 0. The normalized spacial score (nSPS) is 10.2. The molecule has 1 aromatic rings. The van der Waals surface area contributed by atoms with Crippen molar-refractivity contribution in [1.29, 1.82) is 0 Å². The number of hydrogen-bond acceptors (Lipinski definition) is 4. The van der Waals surface area contributed by atoms with Gasteiger partial charge in [-0.05, 0) is 0 Å². The average Bonchev–Trinajstić information content (AvgIpc) is 2.35. The maximum Gasteiger partial charge on any atom is 0.223 e. The number of nitrogens with one attached hydrogen (secondary N) is 1. The number of hydrogen-bond donors (Lipinski definition) is 1. The van der Waals surface area contributed by atoms with E-state index in [1.807, 2.05) is 0 Å². The number of aryl methyl sites for hydroxylation is 1. The van der Waals surface area contributed by atoms with E-state index in [9.17, 15) is 0 Å². The van der Waals surface area contributed by atoms with Gasteiger partial charge in [-0.2, -0.15) is 4.98 Å². The molecule has 0 aliphatic heterocycles. The second-order valence-electron chi connectivity index (χ2n) is 2.35. The fourth-order valence-electron chi connectivity index (χ4n) is 0.723. The van der Waals surface area contributed by atoms with Gasteiger partial charge in [0.25, 0.3) is 0 Å². The SMILES string of the molecule is C=C(Br)CNCc1noc(C)n1. The summed E-state index contributed by atoms with van der Waals surface area (Å²) in [5.74, 6) is 1.26. The molecule has 0 saturated heterocycles. The predicted octanol–water partition coefficient (Wildman–Crippen LogP) is 1.38. The third kappa shape index (κ3) is 3.15. The van der Waals surface area contributed by atoms with Crippen LogP contribution in [0.4, 0.5) is 0 Å². The Bertz CT molecular complexity index is 271. The minimum absolute atomic E-state index is 0.587. The number of aromatic nitrogens is 2. The molecular formula is C7H10BrN3O. The van der Waals surface area contributed by atoms with E-state index < -0.39 is 0 Å². The molecule has 0 amide bonds. The first kappa shape index (κ1) is 9.41. The van der Waals surface area contributed by atoms with Crippen LogP contribution in [0.3, 0.4) is 0 Å². The fourth-order valence-corrected chi connectivity index (χ4v) is 0.921. The van der Waals surface area contributed by atoms with Gasteiger partial charge in [0.15, 0.2) is 5.82 Å². The van der Waals surface area contributed by atoms with Crippen molar-refractivity contribution in [3.05, 3.63) is 22.8 Å². The van der Waals surface area contributed by atoms with Crippen LogP contribution in [0.2, 0.25) is 0 Å². The van der Waals surface area contributed by atoms with Crippen molar-refractivity contribution in [2.24, 2.45) is 0 Å². The van der Waals surface area contributed by atoms with Crippen molar-refractivity contribution < 1.29 is 4.52 Å². The Balaban J connectivity index is 2.29. The maximum absolute atomic E-state index is 4.79. The van der Waals surface area contributed by atoms with Crippen molar-refractivity contribution >= 4 is 15.9 Å². The highest BCUT2D eigenvalue weighted by Crippen LogP contribution is 1.98. The predicted molar refractivity (Wildman–Crippen MR) is 48.8 cm³/mol. The molecule has 5 heteroatoms. The van der Waals surface area contributed by atoms with Crippen LogP contribution in [0.1, 0.15) is 11.7 Å². The second-order valence-corrected chi connectivity index (χ2v) is 3.47. The zero-order chi connectivity index (χ0) is 8.97. The van der Waals surface area contributed by atoms with Crippen LogP contribution < -0.4 is 5.32 Å². The van der Waals surface area contributed by atoms with Gasteiger partial charge >= 0.3 is 0 Å². The Labute approximate surface area is 79.2 Å². The van der Waals surface area contributed by atoms with Gasteiger partial charge in [-0.3, -0.25) is 0 Å². The second kappa shape index (κ2) is 4.37. The summed E-state index contributed by atoms with van der Waals surface area (Å²) in [6.45, 7) is 6.75. The third-order valence-corrected chi connectivity index (χ3v) is 1.45. The van der Waals surface area contributed by atoms with Crippen LogP contribution in [0.5, 0.6) is 0 Å². The van der Waals surface area contributed by atoms with Gasteiger partial charge in [0.05, 0.1) is 6.54 Å². The molecular weight excluding hydrogens is 222 g/mol. The highest BCUT2D eigenvalue weighted by molar-refractivity contribution is 9.11. The topological polar surface area (TPSA) is 51.0 Å². The van der Waals surface area contributed by atoms with E-state index in [4.69, 9.17) is 4.52 Å². The number of nitrogens with zero attached hydrogens (tertiary/aromatic N) is 2. The smallest absolute Gasteiger partial charge is 0.223 e. The van der Waals surface area contributed by atoms with E-state index in [1.54, 1.807) is 6.92 Å². The Morgan fingerprint density at radius 2 is 2.50 bits per heavy atom. The molecule has 4 nitrogen and oxygen atoms in total. The largest absolute Gasteiger partial charge is 0.340 e. The van der Waals surface area contributed by atoms with Crippen molar-refractivity contribution in [3.63, 3.8) is 0 Å². The molecule has 0 unspecified atom stereocenters. The summed E-state index contributed by atoms with van der Waals surface area (Å²) in [4.78, 5) is 4.02. The van der Waals surface area contributed by atoms with Crippen molar-refractivity contribution in [3.8, 4) is 0 Å². The lowest BCUT2D eigenvalue weighted by atomic mass is 10.5. The summed E-state index contributed by atoms with van der Waals surface area (Å²) in [5, 5.41) is 6.80. The Hall–Kier alpha value is -0.680. The van der Waals surface area contributed by atoms with E-state index in [1.165, 1.54) is 0 Å². The fraction of sp³-hybridized carbons (Fsp3) is 0.429. The Morgan fingerprint density at radius 1 is 1.75 bits per heavy atom. The molecule has 0 saturated carbocycles. The Morgan fingerprint density at radius 3 is 3.00 bits per heavy atom. The van der Waals surface area contributed by atoms with E-state index in [0.717, 1.165) is 4.48 Å². The summed E-state index contributed by atoms with van der Waals surface area (Å²) in [6.07, 6.45) is 0. The molecule has 0 aliphatic rings. The molecule has 1 aromatic heterocycles. The quantitative estimate of drug-likeness (QED) is 0.851. The molecule has 0 atom stereocenters. The molecule has 0 bridgehead atoms. The zero-order valence-corrected chi connectivity index (χ0v) is 8.39. The Kier molecular flexibility index (Phi) is 3.43. The molecule has 1 heterocycles. The summed E-state index contributed by atoms with van der Waals surface area (Å²) < 4.78 is 5.69. The lowest BCUT2D eigenvalue weighted by Gasteiger charge is -1.97. The summed E-state index contributed by atoms with van der Waals surface area (Å²) in [6, 6.07) is 0. The monoisotopic (exact) mass is 231 g/mol. The summed E-state index contributed by atoms with van der Waals surface area (Å²) in [5.41, 5.74) is 0. The van der Waals surface area contributed by atoms with Crippen molar-refractivity contribution in [2.45, 2.75) is 13.5 Å². The summed E-state index contributed by atoms with van der Waals surface area (Å²) >= 11 is 3.23. The minimum atomic E-state index is 0.587. The molecule has 0 fully saturated rings. The lowest BCUT2D eigenvalue weighted by Crippen LogP contribution is -2.15.